The Morgan fingerprint density at radius 3 is 2.39 bits per heavy atom. The van der Waals surface area contributed by atoms with Gasteiger partial charge in [0.15, 0.2) is 17.2 Å². The van der Waals surface area contributed by atoms with Crippen molar-refractivity contribution in [2.75, 3.05) is 20.3 Å². The van der Waals surface area contributed by atoms with Gasteiger partial charge in [-0.15, -0.1) is 0 Å². The van der Waals surface area contributed by atoms with E-state index >= 15 is 0 Å². The van der Waals surface area contributed by atoms with Gasteiger partial charge in [0.1, 0.15) is 0 Å². The van der Waals surface area contributed by atoms with Gasteiger partial charge in [-0.3, -0.25) is 9.36 Å². The van der Waals surface area contributed by atoms with Gasteiger partial charge in [0.25, 0.3) is 5.56 Å². The first-order valence-electron chi connectivity index (χ1n) is 11.6. The lowest BCUT2D eigenvalue weighted by Crippen LogP contribution is -2.39. The summed E-state index contributed by atoms with van der Waals surface area (Å²) in [7, 11) is 1.24. The number of carbonyl (C=O) groups is 2. The lowest BCUT2D eigenvalue weighted by molar-refractivity contribution is -0.143. The third-order valence-corrected chi connectivity index (χ3v) is 7.33. The lowest BCUT2D eigenvalue weighted by Gasteiger charge is -2.24. The summed E-state index contributed by atoms with van der Waals surface area (Å²) in [6.07, 6.45) is 1.64. The minimum Gasteiger partial charge on any atom is -0.479 e. The quantitative estimate of drug-likeness (QED) is 0.396. The molecule has 1 aliphatic heterocycles. The zero-order valence-corrected chi connectivity index (χ0v) is 23.4. The molecule has 3 aromatic rings. The minimum absolute atomic E-state index is 0.131. The van der Waals surface area contributed by atoms with E-state index < -0.39 is 18.0 Å². The van der Waals surface area contributed by atoms with Crippen LogP contribution in [0.15, 0.2) is 57.5 Å². The minimum atomic E-state index is -0.700. The van der Waals surface area contributed by atoms with Crippen LogP contribution < -0.4 is 19.6 Å². The van der Waals surface area contributed by atoms with Crippen molar-refractivity contribution >= 4 is 52.6 Å². The summed E-state index contributed by atoms with van der Waals surface area (Å²) >= 11 is 13.9. The largest absolute Gasteiger partial charge is 0.479 e. The molecule has 0 saturated heterocycles. The van der Waals surface area contributed by atoms with Crippen LogP contribution in [0, 0.1) is 6.92 Å². The summed E-state index contributed by atoms with van der Waals surface area (Å²) in [4.78, 5) is 43.1. The molecule has 0 aliphatic carbocycles. The van der Waals surface area contributed by atoms with Gasteiger partial charge in [0.05, 0.1) is 45.6 Å². The van der Waals surface area contributed by atoms with Crippen LogP contribution in [0.1, 0.15) is 36.6 Å². The van der Waals surface area contributed by atoms with Crippen molar-refractivity contribution in [1.82, 2.24) is 4.57 Å². The molecule has 0 amide bonds. The fourth-order valence-electron chi connectivity index (χ4n) is 4.00. The summed E-state index contributed by atoms with van der Waals surface area (Å²) in [5.41, 5.74) is 2.83. The van der Waals surface area contributed by atoms with Gasteiger partial charge >= 0.3 is 11.9 Å². The Balaban J connectivity index is 1.83. The van der Waals surface area contributed by atoms with Crippen molar-refractivity contribution in [3.05, 3.63) is 94.1 Å². The van der Waals surface area contributed by atoms with E-state index in [1.807, 2.05) is 31.2 Å². The Morgan fingerprint density at radius 1 is 1.13 bits per heavy atom. The number of esters is 2. The molecular weight excluding hydrogens is 551 g/mol. The fourth-order valence-corrected chi connectivity index (χ4v) is 5.66. The number of nitrogens with zero attached hydrogens (tertiary/aromatic N) is 2. The first-order valence-corrected chi connectivity index (χ1v) is 13.2. The molecule has 0 saturated carbocycles. The molecule has 1 atom stereocenters. The van der Waals surface area contributed by atoms with Gasteiger partial charge in [-0.1, -0.05) is 64.4 Å². The Labute approximate surface area is 232 Å². The second-order valence-electron chi connectivity index (χ2n) is 8.39. The standard InChI is InChI=1S/C27H24Cl2N2O6S/c1-5-36-26(34)22-15(3)30-27-31(23(22)17-8-6-14(2)7-9-17)25(33)20(38-27)12-16-10-18(28)24(19(29)11-16)37-13-21(32)35-4/h6-12,23H,5,13H2,1-4H3/b20-12+/t23-/m1/s1. The monoisotopic (exact) mass is 574 g/mol. The second kappa shape index (κ2) is 11.6. The maximum Gasteiger partial charge on any atom is 0.343 e. The molecule has 11 heteroatoms. The van der Waals surface area contributed by atoms with Crippen molar-refractivity contribution in [2.24, 2.45) is 4.99 Å². The average Bonchev–Trinajstić information content (AvgIpc) is 3.17. The number of hydrogen-bond acceptors (Lipinski definition) is 8. The molecular formula is C27H24Cl2N2O6S. The maximum atomic E-state index is 13.7. The number of allylic oxidation sites excluding steroid dienone is 1. The van der Waals surface area contributed by atoms with E-state index in [-0.39, 0.29) is 34.6 Å². The van der Waals surface area contributed by atoms with Crippen molar-refractivity contribution in [2.45, 2.75) is 26.8 Å². The summed E-state index contributed by atoms with van der Waals surface area (Å²) in [5.74, 6) is -0.968. The van der Waals surface area contributed by atoms with Gasteiger partial charge in [-0.25, -0.2) is 14.6 Å². The highest BCUT2D eigenvalue weighted by Gasteiger charge is 2.33. The van der Waals surface area contributed by atoms with Crippen molar-refractivity contribution in [3.63, 3.8) is 0 Å². The molecule has 0 unspecified atom stereocenters. The average molecular weight is 575 g/mol. The first-order chi connectivity index (χ1) is 18.1. The van der Waals surface area contributed by atoms with Crippen molar-refractivity contribution < 1.29 is 23.8 Å². The molecule has 0 bridgehead atoms. The molecule has 198 valence electrons. The van der Waals surface area contributed by atoms with Gasteiger partial charge in [0, 0.05) is 0 Å². The molecule has 0 N–H and O–H groups in total. The molecule has 2 heterocycles. The smallest absolute Gasteiger partial charge is 0.343 e. The normalized spacial score (nSPS) is 15.1. The van der Waals surface area contributed by atoms with Crippen LogP contribution >= 0.6 is 34.5 Å². The summed E-state index contributed by atoms with van der Waals surface area (Å²) < 4.78 is 17.1. The summed E-state index contributed by atoms with van der Waals surface area (Å²) in [6.45, 7) is 5.27. The number of methoxy groups -OCH3 is 1. The summed E-state index contributed by atoms with van der Waals surface area (Å²) in [5, 5.41) is 0.330. The van der Waals surface area contributed by atoms with Gasteiger partial charge < -0.3 is 14.2 Å². The predicted molar refractivity (Wildman–Crippen MR) is 146 cm³/mol. The predicted octanol–water partition coefficient (Wildman–Crippen LogP) is 3.97. The zero-order chi connectivity index (χ0) is 27.6. The van der Waals surface area contributed by atoms with E-state index in [9.17, 15) is 14.4 Å². The van der Waals surface area contributed by atoms with Crippen LogP contribution in [0.2, 0.25) is 10.0 Å². The third kappa shape index (κ3) is 5.55. The van der Waals surface area contributed by atoms with Gasteiger partial charge in [-0.2, -0.15) is 0 Å². The maximum absolute atomic E-state index is 13.7. The van der Waals surface area contributed by atoms with Gasteiger partial charge in [0.2, 0.25) is 0 Å². The molecule has 38 heavy (non-hydrogen) atoms. The number of ether oxygens (including phenoxy) is 3. The number of fused-ring (bicyclic) bond motifs is 1. The topological polar surface area (TPSA) is 96.2 Å². The highest BCUT2D eigenvalue weighted by molar-refractivity contribution is 7.07. The second-order valence-corrected chi connectivity index (χ2v) is 10.2. The molecule has 4 rings (SSSR count). The molecule has 2 aromatic carbocycles. The van der Waals surface area contributed by atoms with Crippen LogP contribution in [0.5, 0.6) is 5.75 Å². The first kappa shape index (κ1) is 27.6. The number of thiazole rings is 1. The molecule has 0 spiro atoms. The number of benzene rings is 2. The number of aryl methyl sites for hydroxylation is 1. The highest BCUT2D eigenvalue weighted by atomic mass is 35.5. The van der Waals surface area contributed by atoms with E-state index in [2.05, 4.69) is 9.73 Å². The third-order valence-electron chi connectivity index (χ3n) is 5.79. The number of hydrogen-bond donors (Lipinski definition) is 0. The van der Waals surface area contributed by atoms with E-state index in [0.29, 0.717) is 26.2 Å². The molecule has 0 fully saturated rings. The number of carbonyl (C=O) groups excluding carboxylic acids is 2. The molecule has 0 radical (unpaired) electrons. The van der Waals surface area contributed by atoms with E-state index in [1.54, 1.807) is 32.1 Å². The Bertz CT molecular complexity index is 1600. The van der Waals surface area contributed by atoms with Gasteiger partial charge in [-0.05, 0) is 50.1 Å². The summed E-state index contributed by atoms with van der Waals surface area (Å²) in [6, 6.07) is 10.1. The number of aromatic nitrogens is 1. The zero-order valence-electron chi connectivity index (χ0n) is 21.0. The van der Waals surface area contributed by atoms with Crippen molar-refractivity contribution in [1.29, 1.82) is 0 Å². The van der Waals surface area contributed by atoms with Crippen LogP contribution in [0.4, 0.5) is 0 Å². The van der Waals surface area contributed by atoms with E-state index in [0.717, 1.165) is 11.1 Å². The van der Waals surface area contributed by atoms with E-state index in [1.165, 1.54) is 23.0 Å². The van der Waals surface area contributed by atoms with E-state index in [4.69, 9.17) is 32.7 Å². The SMILES string of the molecule is CCOC(=O)C1=C(C)N=c2s/c(=C/c3cc(Cl)c(OCC(=O)OC)c(Cl)c3)c(=O)n2[C@@H]1c1ccc(C)cc1. The lowest BCUT2D eigenvalue weighted by atomic mass is 9.95. The Hall–Kier alpha value is -3.40. The molecule has 1 aromatic heterocycles. The van der Waals surface area contributed by atoms with Crippen LogP contribution in [0.3, 0.4) is 0 Å². The molecule has 1 aliphatic rings. The van der Waals surface area contributed by atoms with Crippen molar-refractivity contribution in [3.8, 4) is 5.75 Å². The number of rotatable bonds is 7. The van der Waals surface area contributed by atoms with Crippen LogP contribution in [-0.2, 0) is 19.1 Å². The Morgan fingerprint density at radius 2 is 1.79 bits per heavy atom. The van der Waals surface area contributed by atoms with Crippen LogP contribution in [0.25, 0.3) is 6.08 Å². The fraction of sp³-hybridized carbons (Fsp3) is 0.259. The highest BCUT2D eigenvalue weighted by Crippen LogP contribution is 2.35. The van der Waals surface area contributed by atoms with Crippen LogP contribution in [-0.4, -0.2) is 36.8 Å². The molecule has 8 nitrogen and oxygen atoms in total. The number of halogens is 2. The Kier molecular flexibility index (Phi) is 8.40.